The molecule has 3 aromatic rings. The van der Waals surface area contributed by atoms with Crippen molar-refractivity contribution in [3.63, 3.8) is 0 Å². The predicted molar refractivity (Wildman–Crippen MR) is 92.8 cm³/mol. The van der Waals surface area contributed by atoms with E-state index in [2.05, 4.69) is 26.0 Å². The predicted octanol–water partition coefficient (Wildman–Crippen LogP) is 2.44. The van der Waals surface area contributed by atoms with Crippen LogP contribution in [-0.2, 0) is 13.6 Å². The van der Waals surface area contributed by atoms with Crippen LogP contribution in [0, 0.1) is 0 Å². The largest absolute Gasteiger partial charge is 0.495 e. The van der Waals surface area contributed by atoms with Gasteiger partial charge in [-0.15, -0.1) is 0 Å². The van der Waals surface area contributed by atoms with E-state index >= 15 is 0 Å². The average molecular weight is 412 g/mol. The van der Waals surface area contributed by atoms with Gasteiger partial charge in [-0.25, -0.2) is 9.67 Å². The smallest absolute Gasteiger partial charge is 0.266 e. The van der Waals surface area contributed by atoms with Crippen molar-refractivity contribution in [2.75, 3.05) is 7.11 Å². The number of ketones is 1. The number of aryl methyl sites for hydroxylation is 1. The number of rotatable bonds is 4. The van der Waals surface area contributed by atoms with Crippen LogP contribution in [0.3, 0.4) is 0 Å². The molecule has 0 aliphatic rings. The van der Waals surface area contributed by atoms with E-state index in [9.17, 15) is 9.59 Å². The molecule has 1 aromatic carbocycles. The molecule has 9 heteroatoms. The summed E-state index contributed by atoms with van der Waals surface area (Å²) < 4.78 is 8.19. The lowest BCUT2D eigenvalue weighted by Gasteiger charge is -2.07. The van der Waals surface area contributed by atoms with Crippen molar-refractivity contribution in [2.24, 2.45) is 7.05 Å². The van der Waals surface area contributed by atoms with Gasteiger partial charge in [-0.05, 0) is 34.1 Å². The fourth-order valence-electron chi connectivity index (χ4n) is 2.33. The number of aromatic nitrogens is 4. The summed E-state index contributed by atoms with van der Waals surface area (Å²) in [5, 5.41) is 4.77. The van der Waals surface area contributed by atoms with E-state index in [0.717, 1.165) is 0 Å². The van der Waals surface area contributed by atoms with Gasteiger partial charge >= 0.3 is 0 Å². The summed E-state index contributed by atoms with van der Waals surface area (Å²) in [6.07, 6.45) is 1.34. The monoisotopic (exact) mass is 410 g/mol. The van der Waals surface area contributed by atoms with Crippen LogP contribution in [0.25, 0.3) is 11.0 Å². The Morgan fingerprint density at radius 2 is 2.17 bits per heavy atom. The molecule has 0 aliphatic carbocycles. The minimum atomic E-state index is -0.340. The minimum absolute atomic E-state index is 0.147. The Bertz CT molecular complexity index is 1010. The number of carbonyl (C=O) groups excluding carboxylic acids is 1. The van der Waals surface area contributed by atoms with Crippen LogP contribution in [0.5, 0.6) is 5.75 Å². The highest BCUT2D eigenvalue weighted by Crippen LogP contribution is 2.25. The third kappa shape index (κ3) is 2.83. The summed E-state index contributed by atoms with van der Waals surface area (Å²) >= 11 is 9.27. The van der Waals surface area contributed by atoms with Crippen molar-refractivity contribution < 1.29 is 9.53 Å². The number of nitrogens with zero attached hydrogens (tertiary/aromatic N) is 4. The molecule has 0 aliphatic heterocycles. The first-order valence-electron chi connectivity index (χ1n) is 6.86. The normalized spacial score (nSPS) is 11.0. The maximum atomic E-state index is 12.5. The van der Waals surface area contributed by atoms with Crippen LogP contribution < -0.4 is 10.3 Å². The molecule has 0 radical (unpaired) electrons. The second-order valence-electron chi connectivity index (χ2n) is 5.06. The summed E-state index contributed by atoms with van der Waals surface area (Å²) in [4.78, 5) is 29.2. The van der Waals surface area contributed by atoms with E-state index in [1.165, 1.54) is 28.8 Å². The number of methoxy groups -OCH3 is 1. The molecule has 0 atom stereocenters. The quantitative estimate of drug-likeness (QED) is 0.616. The Kier molecular flexibility index (Phi) is 4.42. The molecule has 0 bridgehead atoms. The summed E-state index contributed by atoms with van der Waals surface area (Å²) in [7, 11) is 3.18. The Hall–Kier alpha value is -2.19. The first-order chi connectivity index (χ1) is 11.4. The Morgan fingerprint density at radius 1 is 1.42 bits per heavy atom. The number of fused-ring (bicyclic) bond motifs is 1. The lowest BCUT2D eigenvalue weighted by atomic mass is 10.1. The third-order valence-corrected chi connectivity index (χ3v) is 4.41. The van der Waals surface area contributed by atoms with Crippen molar-refractivity contribution in [1.29, 1.82) is 0 Å². The fraction of sp³-hybridized carbons (Fsp3) is 0.200. The molecular formula is C15H12BrClN4O3. The van der Waals surface area contributed by atoms with Gasteiger partial charge in [0.25, 0.3) is 5.56 Å². The zero-order valence-corrected chi connectivity index (χ0v) is 15.1. The van der Waals surface area contributed by atoms with Gasteiger partial charge in [-0.1, -0.05) is 11.6 Å². The number of Topliss-reactive ketones (excluding diaryl/α,β-unsaturated/α-hetero) is 1. The van der Waals surface area contributed by atoms with E-state index < -0.39 is 0 Å². The van der Waals surface area contributed by atoms with E-state index in [4.69, 9.17) is 16.3 Å². The molecule has 24 heavy (non-hydrogen) atoms. The molecule has 0 N–H and O–H groups in total. The Labute approximate surface area is 149 Å². The molecule has 7 nitrogen and oxygen atoms in total. The third-order valence-electron chi connectivity index (χ3n) is 3.56. The van der Waals surface area contributed by atoms with Crippen LogP contribution in [0.15, 0.2) is 33.9 Å². The Balaban J connectivity index is 1.96. The number of hydrogen-bond acceptors (Lipinski definition) is 5. The fourth-order valence-corrected chi connectivity index (χ4v) is 3.18. The van der Waals surface area contributed by atoms with Crippen LogP contribution in [0.4, 0.5) is 0 Å². The second-order valence-corrected chi connectivity index (χ2v) is 6.22. The maximum absolute atomic E-state index is 12.5. The number of ether oxygens (including phenoxy) is 1. The van der Waals surface area contributed by atoms with Crippen LogP contribution >= 0.6 is 27.5 Å². The maximum Gasteiger partial charge on any atom is 0.266 e. The van der Waals surface area contributed by atoms with Gasteiger partial charge in [-0.2, -0.15) is 5.10 Å². The molecule has 2 heterocycles. The Morgan fingerprint density at radius 3 is 2.83 bits per heavy atom. The first-order valence-corrected chi connectivity index (χ1v) is 8.04. The zero-order valence-electron chi connectivity index (χ0n) is 12.8. The standard InChI is InChI=1S/C15H12BrClN4O3/c1-20-14-12(13(16)19-20)15(23)21(7-18-14)6-10(22)8-3-4-11(24-2)9(17)5-8/h3-5,7H,6H2,1-2H3. The highest BCUT2D eigenvalue weighted by molar-refractivity contribution is 9.10. The molecule has 0 spiro atoms. The molecule has 0 unspecified atom stereocenters. The molecule has 0 saturated carbocycles. The minimum Gasteiger partial charge on any atom is -0.495 e. The summed E-state index contributed by atoms with van der Waals surface area (Å²) in [6, 6.07) is 4.72. The van der Waals surface area contributed by atoms with Crippen molar-refractivity contribution in [2.45, 2.75) is 6.54 Å². The van der Waals surface area contributed by atoms with Gasteiger partial charge in [0.05, 0.1) is 18.7 Å². The molecule has 0 amide bonds. The zero-order chi connectivity index (χ0) is 17.4. The second kappa shape index (κ2) is 6.37. The summed E-state index contributed by atoms with van der Waals surface area (Å²) in [6.45, 7) is -0.147. The average Bonchev–Trinajstić information content (AvgIpc) is 2.84. The number of carbonyl (C=O) groups is 1. The van der Waals surface area contributed by atoms with Gasteiger partial charge in [0.15, 0.2) is 11.4 Å². The van der Waals surface area contributed by atoms with Crippen LogP contribution in [0.1, 0.15) is 10.4 Å². The lowest BCUT2D eigenvalue weighted by Crippen LogP contribution is -2.24. The van der Waals surface area contributed by atoms with Crippen LogP contribution in [-0.4, -0.2) is 32.2 Å². The molecule has 0 saturated heterocycles. The SMILES string of the molecule is COc1ccc(C(=O)Cn2cnc3c(c(Br)nn3C)c2=O)cc1Cl. The van der Waals surface area contributed by atoms with Crippen molar-refractivity contribution in [3.8, 4) is 5.75 Å². The van der Waals surface area contributed by atoms with E-state index in [-0.39, 0.29) is 17.9 Å². The molecule has 124 valence electrons. The highest BCUT2D eigenvalue weighted by atomic mass is 79.9. The highest BCUT2D eigenvalue weighted by Gasteiger charge is 2.16. The van der Waals surface area contributed by atoms with Gasteiger partial charge in [0.1, 0.15) is 22.1 Å². The number of benzene rings is 1. The van der Waals surface area contributed by atoms with Crippen molar-refractivity contribution in [3.05, 3.63) is 50.1 Å². The first kappa shape index (κ1) is 16.7. The topological polar surface area (TPSA) is 79.0 Å². The molecule has 3 rings (SSSR count). The van der Waals surface area contributed by atoms with E-state index in [1.54, 1.807) is 19.2 Å². The molecular weight excluding hydrogens is 400 g/mol. The molecule has 2 aromatic heterocycles. The van der Waals surface area contributed by atoms with E-state index in [1.807, 2.05) is 0 Å². The van der Waals surface area contributed by atoms with Gasteiger partial charge in [-0.3, -0.25) is 14.2 Å². The lowest BCUT2D eigenvalue weighted by molar-refractivity contribution is 0.0970. The molecule has 0 fully saturated rings. The summed E-state index contributed by atoms with van der Waals surface area (Å²) in [5.74, 6) is 0.218. The van der Waals surface area contributed by atoms with Crippen molar-refractivity contribution >= 4 is 44.3 Å². The van der Waals surface area contributed by atoms with Gasteiger partial charge in [0, 0.05) is 12.6 Å². The number of halogens is 2. The van der Waals surface area contributed by atoms with Crippen molar-refractivity contribution in [1.82, 2.24) is 19.3 Å². The van der Waals surface area contributed by atoms with Crippen LogP contribution in [0.2, 0.25) is 5.02 Å². The van der Waals surface area contributed by atoms with E-state index in [0.29, 0.717) is 32.0 Å². The van der Waals surface area contributed by atoms with Gasteiger partial charge < -0.3 is 4.74 Å². The number of hydrogen-bond donors (Lipinski definition) is 0. The summed E-state index contributed by atoms with van der Waals surface area (Å²) in [5.41, 5.74) is 0.494. The van der Waals surface area contributed by atoms with Gasteiger partial charge in [0.2, 0.25) is 0 Å².